The molecular weight excluding hydrogens is 577 g/mol. The lowest BCUT2D eigenvalue weighted by Crippen LogP contribution is -2.32. The number of nitrogens with one attached hydrogen (secondary N) is 2. The molecule has 0 saturated carbocycles. The molecule has 6 nitrogen and oxygen atoms in total. The van der Waals surface area contributed by atoms with E-state index in [0.717, 1.165) is 21.1 Å². The van der Waals surface area contributed by atoms with E-state index in [1.807, 2.05) is 17.5 Å². The van der Waals surface area contributed by atoms with Crippen LogP contribution in [0.2, 0.25) is 0 Å². The molecule has 4 aromatic rings. The lowest BCUT2D eigenvalue weighted by atomic mass is 10.3. The van der Waals surface area contributed by atoms with E-state index in [9.17, 15) is 18.8 Å². The molecule has 0 fully saturated rings. The van der Waals surface area contributed by atoms with Crippen LogP contribution in [0.15, 0.2) is 110 Å². The number of carbonyl (C=O) groups excluding carboxylic acids is 3. The largest absolute Gasteiger partial charge is 0.350 e. The zero-order chi connectivity index (χ0) is 25.9. The van der Waals surface area contributed by atoms with E-state index in [1.54, 1.807) is 48.5 Å². The van der Waals surface area contributed by atoms with Crippen molar-refractivity contribution in [3.05, 3.63) is 116 Å². The van der Waals surface area contributed by atoms with Gasteiger partial charge in [0.25, 0.3) is 17.7 Å². The molecule has 0 radical (unpaired) electrons. The van der Waals surface area contributed by atoms with Gasteiger partial charge in [0.05, 0.1) is 10.6 Å². The molecule has 0 spiro atoms. The number of benzene rings is 3. The fourth-order valence-corrected chi connectivity index (χ4v) is 5.44. The van der Waals surface area contributed by atoms with Crippen LogP contribution in [0.25, 0.3) is 0 Å². The predicted molar refractivity (Wildman–Crippen MR) is 148 cm³/mol. The summed E-state index contributed by atoms with van der Waals surface area (Å²) in [6.07, 6.45) is 0. The normalized spacial score (nSPS) is 13.3. The molecule has 10 heteroatoms. The Morgan fingerprint density at radius 3 is 2.35 bits per heavy atom. The molecule has 37 heavy (non-hydrogen) atoms. The van der Waals surface area contributed by atoms with E-state index in [2.05, 4.69) is 26.6 Å². The van der Waals surface area contributed by atoms with Gasteiger partial charge in [-0.2, -0.15) is 0 Å². The predicted octanol–water partition coefficient (Wildman–Crippen LogP) is 6.89. The first-order valence-electron chi connectivity index (χ1n) is 10.9. The Kier molecular flexibility index (Phi) is 7.22. The number of rotatable bonds is 7. The van der Waals surface area contributed by atoms with Crippen LogP contribution in [0, 0.1) is 5.82 Å². The van der Waals surface area contributed by atoms with Gasteiger partial charge in [0.15, 0.2) is 0 Å². The fraction of sp³-hybridized carbons (Fsp3) is 0. The summed E-state index contributed by atoms with van der Waals surface area (Å²) in [4.78, 5) is 41.8. The highest BCUT2D eigenvalue weighted by Crippen LogP contribution is 2.38. The fourth-order valence-electron chi connectivity index (χ4n) is 3.57. The minimum Gasteiger partial charge on any atom is -0.350 e. The average molecular weight is 594 g/mol. The molecule has 0 aliphatic carbocycles. The van der Waals surface area contributed by atoms with Crippen molar-refractivity contribution >= 4 is 73.8 Å². The topological polar surface area (TPSA) is 78.5 Å². The number of thiophene rings is 1. The highest BCUT2D eigenvalue weighted by molar-refractivity contribution is 9.10. The number of imide groups is 1. The van der Waals surface area contributed by atoms with Crippen molar-refractivity contribution in [1.82, 2.24) is 0 Å². The van der Waals surface area contributed by atoms with Gasteiger partial charge in [-0.15, -0.1) is 11.3 Å². The molecule has 2 N–H and O–H groups in total. The Balaban J connectivity index is 1.46. The number of nitrogens with zero attached hydrogens (tertiary/aromatic N) is 1. The molecular formula is C27H17BrFN3O3S2. The second-order valence-electron chi connectivity index (χ2n) is 7.82. The number of thioether (sulfide) groups is 1. The van der Waals surface area contributed by atoms with Gasteiger partial charge in [-0.3, -0.25) is 14.4 Å². The van der Waals surface area contributed by atoms with Crippen LogP contribution in [0.5, 0.6) is 0 Å². The minimum atomic E-state index is -0.552. The van der Waals surface area contributed by atoms with Crippen LogP contribution < -0.4 is 15.5 Å². The molecule has 3 aromatic carbocycles. The van der Waals surface area contributed by atoms with Crippen molar-refractivity contribution in [2.75, 3.05) is 15.5 Å². The summed E-state index contributed by atoms with van der Waals surface area (Å²) in [5, 5.41) is 7.75. The molecule has 0 saturated heterocycles. The maximum Gasteiger partial charge on any atom is 0.283 e. The Hall–Kier alpha value is -3.73. The average Bonchev–Trinajstić information content (AvgIpc) is 3.50. The standard InChI is InChI=1S/C27H17BrFN3O3S2/c28-16-6-10-18(11-7-16)30-23-24(27(35)32(26(23)34)20-12-8-17(29)9-13-20)37-21-4-1-3-19(15-21)31-25(33)22-5-2-14-36-22/h1-15,30H,(H,31,33). The van der Waals surface area contributed by atoms with Gasteiger partial charge in [0.1, 0.15) is 16.4 Å². The van der Waals surface area contributed by atoms with Gasteiger partial charge >= 0.3 is 0 Å². The van der Waals surface area contributed by atoms with Gasteiger partial charge in [-0.05, 0) is 78.2 Å². The monoisotopic (exact) mass is 593 g/mol. The molecule has 0 unspecified atom stereocenters. The zero-order valence-corrected chi connectivity index (χ0v) is 22.1. The Morgan fingerprint density at radius 1 is 0.892 bits per heavy atom. The van der Waals surface area contributed by atoms with Gasteiger partial charge in [0, 0.05) is 20.7 Å². The summed E-state index contributed by atoms with van der Waals surface area (Å²) >= 11 is 5.83. The van der Waals surface area contributed by atoms with Crippen LogP contribution in [-0.4, -0.2) is 17.7 Å². The van der Waals surface area contributed by atoms with Crippen molar-refractivity contribution < 1.29 is 18.8 Å². The minimum absolute atomic E-state index is 0.106. The van der Waals surface area contributed by atoms with E-state index >= 15 is 0 Å². The maximum absolute atomic E-state index is 13.5. The van der Waals surface area contributed by atoms with E-state index in [4.69, 9.17) is 0 Å². The second kappa shape index (κ2) is 10.7. The van der Waals surface area contributed by atoms with Crippen molar-refractivity contribution in [2.24, 2.45) is 0 Å². The molecule has 184 valence electrons. The van der Waals surface area contributed by atoms with Crippen molar-refractivity contribution in [1.29, 1.82) is 0 Å². The zero-order valence-electron chi connectivity index (χ0n) is 18.9. The molecule has 1 aromatic heterocycles. The Bertz CT molecular complexity index is 1520. The van der Waals surface area contributed by atoms with Crippen LogP contribution in [0.3, 0.4) is 0 Å². The SMILES string of the molecule is O=C(Nc1cccc(SC2=C(Nc3ccc(Br)cc3)C(=O)N(c3ccc(F)cc3)C2=O)c1)c1cccs1. The summed E-state index contributed by atoms with van der Waals surface area (Å²) in [6, 6.07) is 22.9. The number of anilines is 3. The Labute approximate surface area is 228 Å². The Morgan fingerprint density at radius 2 is 1.65 bits per heavy atom. The van der Waals surface area contributed by atoms with Gasteiger partial charge in [-0.1, -0.05) is 39.8 Å². The lowest BCUT2D eigenvalue weighted by molar-refractivity contribution is -0.120. The summed E-state index contributed by atoms with van der Waals surface area (Å²) < 4.78 is 14.4. The molecule has 2 heterocycles. The maximum atomic E-state index is 13.5. The molecule has 5 rings (SSSR count). The van der Waals surface area contributed by atoms with Crippen LogP contribution >= 0.6 is 39.0 Å². The van der Waals surface area contributed by atoms with Crippen LogP contribution in [-0.2, 0) is 9.59 Å². The third-order valence-corrected chi connectivity index (χ3v) is 7.77. The number of hydrogen-bond donors (Lipinski definition) is 2. The van der Waals surface area contributed by atoms with Crippen molar-refractivity contribution in [3.63, 3.8) is 0 Å². The van der Waals surface area contributed by atoms with E-state index in [-0.39, 0.29) is 22.2 Å². The summed E-state index contributed by atoms with van der Waals surface area (Å²) in [6.45, 7) is 0. The number of carbonyl (C=O) groups is 3. The van der Waals surface area contributed by atoms with E-state index in [1.165, 1.54) is 35.6 Å². The number of hydrogen-bond acceptors (Lipinski definition) is 6. The summed E-state index contributed by atoms with van der Waals surface area (Å²) in [7, 11) is 0. The third-order valence-electron chi connectivity index (χ3n) is 5.30. The smallest absolute Gasteiger partial charge is 0.283 e. The molecule has 0 bridgehead atoms. The van der Waals surface area contributed by atoms with Crippen LogP contribution in [0.4, 0.5) is 21.5 Å². The van der Waals surface area contributed by atoms with Gasteiger partial charge < -0.3 is 10.6 Å². The second-order valence-corrected chi connectivity index (χ2v) is 10.8. The molecule has 1 aliphatic heterocycles. The molecule has 0 atom stereocenters. The van der Waals surface area contributed by atoms with E-state index < -0.39 is 17.6 Å². The first-order chi connectivity index (χ1) is 17.9. The van der Waals surface area contributed by atoms with Gasteiger partial charge in [-0.25, -0.2) is 9.29 Å². The number of amides is 3. The van der Waals surface area contributed by atoms with Gasteiger partial charge in [0.2, 0.25) is 0 Å². The first-order valence-corrected chi connectivity index (χ1v) is 13.4. The number of halogens is 2. The molecule has 1 aliphatic rings. The van der Waals surface area contributed by atoms with E-state index in [0.29, 0.717) is 21.1 Å². The molecule has 3 amide bonds. The highest BCUT2D eigenvalue weighted by atomic mass is 79.9. The van der Waals surface area contributed by atoms with Crippen LogP contribution in [0.1, 0.15) is 9.67 Å². The quantitative estimate of drug-likeness (QED) is 0.228. The lowest BCUT2D eigenvalue weighted by Gasteiger charge is -2.15. The first kappa shape index (κ1) is 24.9. The van der Waals surface area contributed by atoms with Crippen molar-refractivity contribution in [3.8, 4) is 0 Å². The third kappa shape index (κ3) is 5.51. The summed E-state index contributed by atoms with van der Waals surface area (Å²) in [5.74, 6) is -1.79. The highest BCUT2D eigenvalue weighted by Gasteiger charge is 2.40. The van der Waals surface area contributed by atoms with Crippen molar-refractivity contribution in [2.45, 2.75) is 4.90 Å². The summed E-state index contributed by atoms with van der Waals surface area (Å²) in [5.41, 5.74) is 1.54.